The third-order valence-corrected chi connectivity index (χ3v) is 3.50. The van der Waals surface area contributed by atoms with Crippen LogP contribution in [0.15, 0.2) is 6.20 Å². The molecule has 0 saturated heterocycles. The van der Waals surface area contributed by atoms with E-state index in [2.05, 4.69) is 25.8 Å². The zero-order chi connectivity index (χ0) is 9.19. The van der Waals surface area contributed by atoms with Crippen LogP contribution in [0.2, 0.25) is 0 Å². The highest BCUT2D eigenvalue weighted by molar-refractivity contribution is 7.11. The Balaban J connectivity index is 2.88. The number of aryl methyl sites for hydroxylation is 1. The minimum atomic E-state index is 0.0398. The lowest BCUT2D eigenvalue weighted by Crippen LogP contribution is -2.27. The molecule has 0 aromatic carbocycles. The highest BCUT2D eigenvalue weighted by Crippen LogP contribution is 2.26. The summed E-state index contributed by atoms with van der Waals surface area (Å²) in [5.41, 5.74) is 5.70. The molecule has 0 aliphatic heterocycles. The van der Waals surface area contributed by atoms with E-state index in [4.69, 9.17) is 5.73 Å². The fourth-order valence-corrected chi connectivity index (χ4v) is 1.83. The zero-order valence-electron chi connectivity index (χ0n) is 7.92. The van der Waals surface area contributed by atoms with E-state index < -0.39 is 0 Å². The first-order valence-corrected chi connectivity index (χ1v) is 5.07. The van der Waals surface area contributed by atoms with Crippen molar-refractivity contribution >= 4 is 11.3 Å². The van der Waals surface area contributed by atoms with Gasteiger partial charge < -0.3 is 5.73 Å². The molecule has 2 nitrogen and oxygen atoms in total. The molecule has 1 rings (SSSR count). The van der Waals surface area contributed by atoms with Crippen LogP contribution < -0.4 is 5.73 Å². The molecule has 0 fully saturated rings. The van der Waals surface area contributed by atoms with Crippen LogP contribution >= 0.6 is 11.3 Å². The quantitative estimate of drug-likeness (QED) is 0.779. The highest BCUT2D eigenvalue weighted by atomic mass is 32.1. The second kappa shape index (κ2) is 3.54. The van der Waals surface area contributed by atoms with Gasteiger partial charge >= 0.3 is 0 Å². The van der Waals surface area contributed by atoms with Crippen molar-refractivity contribution in [2.75, 3.05) is 6.54 Å². The largest absolute Gasteiger partial charge is 0.330 e. The summed E-state index contributed by atoms with van der Waals surface area (Å²) in [7, 11) is 0. The van der Waals surface area contributed by atoms with Crippen molar-refractivity contribution in [1.29, 1.82) is 0 Å². The number of aromatic nitrogens is 1. The molecule has 0 bridgehead atoms. The summed E-state index contributed by atoms with van der Waals surface area (Å²) >= 11 is 1.77. The van der Waals surface area contributed by atoms with E-state index in [0.29, 0.717) is 6.54 Å². The number of rotatable bonds is 3. The van der Waals surface area contributed by atoms with Crippen molar-refractivity contribution in [2.24, 2.45) is 5.73 Å². The van der Waals surface area contributed by atoms with Crippen LogP contribution in [0.1, 0.15) is 30.7 Å². The summed E-state index contributed by atoms with van der Waals surface area (Å²) < 4.78 is 0. The fourth-order valence-electron chi connectivity index (χ4n) is 0.871. The number of nitrogens with zero attached hydrogens (tertiary/aromatic N) is 1. The van der Waals surface area contributed by atoms with E-state index in [-0.39, 0.29) is 5.41 Å². The number of hydrogen-bond acceptors (Lipinski definition) is 3. The van der Waals surface area contributed by atoms with Gasteiger partial charge in [-0.05, 0) is 6.42 Å². The summed E-state index contributed by atoms with van der Waals surface area (Å²) in [5.74, 6) is 0. The Labute approximate surface area is 77.8 Å². The van der Waals surface area contributed by atoms with Crippen LogP contribution in [0.25, 0.3) is 0 Å². The minimum Gasteiger partial charge on any atom is -0.330 e. The summed E-state index contributed by atoms with van der Waals surface area (Å²) in [6, 6.07) is 0. The molecule has 0 aliphatic rings. The van der Waals surface area contributed by atoms with Crippen LogP contribution in [0.5, 0.6) is 0 Å². The lowest BCUT2D eigenvalue weighted by Gasteiger charge is -2.18. The summed E-state index contributed by atoms with van der Waals surface area (Å²) in [4.78, 5) is 5.71. The van der Waals surface area contributed by atoms with Crippen LogP contribution in [0.3, 0.4) is 0 Å². The summed E-state index contributed by atoms with van der Waals surface area (Å²) in [6.45, 7) is 7.06. The maximum Gasteiger partial charge on any atom is 0.0996 e. The normalized spacial score (nSPS) is 12.0. The first kappa shape index (κ1) is 9.68. The SMILES string of the molecule is CCc1cnc(C(C)(C)CN)s1. The van der Waals surface area contributed by atoms with Crippen molar-refractivity contribution in [3.05, 3.63) is 16.1 Å². The Morgan fingerprint density at radius 1 is 1.58 bits per heavy atom. The molecule has 0 aliphatic carbocycles. The Morgan fingerprint density at radius 2 is 2.25 bits per heavy atom. The Hall–Kier alpha value is -0.410. The van der Waals surface area contributed by atoms with E-state index in [1.54, 1.807) is 11.3 Å². The molecule has 68 valence electrons. The van der Waals surface area contributed by atoms with Crippen molar-refractivity contribution in [3.8, 4) is 0 Å². The molecule has 0 radical (unpaired) electrons. The Kier molecular flexibility index (Phi) is 2.85. The molecule has 2 N–H and O–H groups in total. The van der Waals surface area contributed by atoms with Crippen LogP contribution in [0.4, 0.5) is 0 Å². The average molecular weight is 184 g/mol. The smallest absolute Gasteiger partial charge is 0.0996 e. The molecule has 1 aromatic rings. The van der Waals surface area contributed by atoms with Gasteiger partial charge in [0.25, 0.3) is 0 Å². The van der Waals surface area contributed by atoms with Crippen LogP contribution in [0, 0.1) is 0 Å². The molecular weight excluding hydrogens is 168 g/mol. The molecule has 0 unspecified atom stereocenters. The molecule has 1 heterocycles. The Morgan fingerprint density at radius 3 is 2.67 bits per heavy atom. The molecule has 0 amide bonds. The van der Waals surface area contributed by atoms with Crippen LogP contribution in [-0.2, 0) is 11.8 Å². The lowest BCUT2D eigenvalue weighted by atomic mass is 9.95. The van der Waals surface area contributed by atoms with Gasteiger partial charge in [0.2, 0.25) is 0 Å². The zero-order valence-corrected chi connectivity index (χ0v) is 8.74. The third-order valence-electron chi connectivity index (χ3n) is 1.99. The minimum absolute atomic E-state index is 0.0398. The first-order chi connectivity index (χ1) is 5.60. The van der Waals surface area contributed by atoms with Gasteiger partial charge in [0.1, 0.15) is 0 Å². The predicted octanol–water partition coefficient (Wildman–Crippen LogP) is 1.94. The number of thiazole rings is 1. The third kappa shape index (κ3) is 1.84. The predicted molar refractivity (Wildman–Crippen MR) is 53.6 cm³/mol. The highest BCUT2D eigenvalue weighted by Gasteiger charge is 2.21. The van der Waals surface area contributed by atoms with Crippen LogP contribution in [-0.4, -0.2) is 11.5 Å². The van der Waals surface area contributed by atoms with Gasteiger partial charge in [0, 0.05) is 23.0 Å². The topological polar surface area (TPSA) is 38.9 Å². The van der Waals surface area contributed by atoms with Gasteiger partial charge in [0.05, 0.1) is 5.01 Å². The maximum absolute atomic E-state index is 5.66. The van der Waals surface area contributed by atoms with E-state index in [0.717, 1.165) is 11.4 Å². The second-order valence-electron chi connectivity index (χ2n) is 3.57. The second-order valence-corrected chi connectivity index (χ2v) is 4.69. The van der Waals surface area contributed by atoms with Crippen molar-refractivity contribution in [2.45, 2.75) is 32.6 Å². The number of hydrogen-bond donors (Lipinski definition) is 1. The average Bonchev–Trinajstić information content (AvgIpc) is 2.52. The molecule has 0 atom stereocenters. The van der Waals surface area contributed by atoms with Gasteiger partial charge in [-0.1, -0.05) is 20.8 Å². The summed E-state index contributed by atoms with van der Waals surface area (Å²) in [5, 5.41) is 1.15. The molecule has 3 heteroatoms. The number of nitrogens with two attached hydrogens (primary N) is 1. The van der Waals surface area contributed by atoms with E-state index in [1.807, 2.05) is 6.20 Å². The van der Waals surface area contributed by atoms with Gasteiger partial charge in [-0.3, -0.25) is 0 Å². The van der Waals surface area contributed by atoms with Gasteiger partial charge in [-0.2, -0.15) is 0 Å². The molecule has 1 aromatic heterocycles. The first-order valence-electron chi connectivity index (χ1n) is 4.25. The summed E-state index contributed by atoms with van der Waals surface area (Å²) in [6.07, 6.45) is 3.02. The van der Waals surface area contributed by atoms with Gasteiger partial charge in [-0.25, -0.2) is 4.98 Å². The van der Waals surface area contributed by atoms with Crippen molar-refractivity contribution in [1.82, 2.24) is 4.98 Å². The fraction of sp³-hybridized carbons (Fsp3) is 0.667. The van der Waals surface area contributed by atoms with Crippen molar-refractivity contribution in [3.63, 3.8) is 0 Å². The Bertz CT molecular complexity index is 253. The monoisotopic (exact) mass is 184 g/mol. The van der Waals surface area contributed by atoms with E-state index >= 15 is 0 Å². The van der Waals surface area contributed by atoms with Gasteiger partial charge in [0.15, 0.2) is 0 Å². The van der Waals surface area contributed by atoms with E-state index in [9.17, 15) is 0 Å². The maximum atomic E-state index is 5.66. The standard InChI is InChI=1S/C9H16N2S/c1-4-7-5-11-8(12-7)9(2,3)6-10/h5H,4,6,10H2,1-3H3. The lowest BCUT2D eigenvalue weighted by molar-refractivity contribution is 0.535. The van der Waals surface area contributed by atoms with E-state index in [1.165, 1.54) is 4.88 Å². The van der Waals surface area contributed by atoms with Crippen molar-refractivity contribution < 1.29 is 0 Å². The molecule has 0 spiro atoms. The van der Waals surface area contributed by atoms with Gasteiger partial charge in [-0.15, -0.1) is 11.3 Å². The molecule has 0 saturated carbocycles. The molecule has 12 heavy (non-hydrogen) atoms. The molecular formula is C9H16N2S.